The Bertz CT molecular complexity index is 679. The summed E-state index contributed by atoms with van der Waals surface area (Å²) < 4.78 is 5.62. The average molecular weight is 328 g/mol. The van der Waals surface area contributed by atoms with Gasteiger partial charge in [0, 0.05) is 6.42 Å². The molecule has 2 N–H and O–H groups in total. The van der Waals surface area contributed by atoms with Crippen LogP contribution in [0.25, 0.3) is 0 Å². The van der Waals surface area contributed by atoms with Gasteiger partial charge in [-0.05, 0) is 36.8 Å². The number of amides is 2. The van der Waals surface area contributed by atoms with E-state index in [1.165, 1.54) is 5.57 Å². The Morgan fingerprint density at radius 3 is 2.50 bits per heavy atom. The van der Waals surface area contributed by atoms with Crippen LogP contribution in [0, 0.1) is 17.3 Å². The molecular weight excluding hydrogens is 304 g/mol. The first-order chi connectivity index (χ1) is 11.3. The quantitative estimate of drug-likeness (QED) is 0.661. The fraction of sp³-hybridized carbons (Fsp3) is 0.474. The molecule has 3 atom stereocenters. The second kappa shape index (κ2) is 5.96. The molecule has 5 nitrogen and oxygen atoms in total. The highest BCUT2D eigenvalue weighted by Gasteiger charge is 2.60. The first kappa shape index (κ1) is 16.6. The number of hydrogen-bond acceptors (Lipinski definition) is 3. The van der Waals surface area contributed by atoms with E-state index in [1.54, 1.807) is 0 Å². The lowest BCUT2D eigenvalue weighted by molar-refractivity contribution is -0.133. The zero-order chi connectivity index (χ0) is 17.5. The third-order valence-corrected chi connectivity index (χ3v) is 4.95. The number of benzene rings is 1. The second-order valence-corrected chi connectivity index (χ2v) is 7.47. The first-order valence-electron chi connectivity index (χ1n) is 8.30. The van der Waals surface area contributed by atoms with E-state index in [2.05, 4.69) is 30.8 Å². The number of fused-ring (bicyclic) bond motifs is 1. The number of carbonyl (C=O) groups excluding carboxylic acids is 2. The molecule has 5 heteroatoms. The maximum atomic E-state index is 12.4. The highest BCUT2D eigenvalue weighted by molar-refractivity contribution is 5.88. The summed E-state index contributed by atoms with van der Waals surface area (Å²) in [5.74, 6) is 0.361. The van der Waals surface area contributed by atoms with Crippen molar-refractivity contribution < 1.29 is 14.3 Å². The number of ether oxygens (including phenoxy) is 1. The first-order valence-corrected chi connectivity index (χ1v) is 8.30. The normalized spacial score (nSPS) is 25.9. The molecule has 1 aliphatic carbocycles. The predicted octanol–water partition coefficient (Wildman–Crippen LogP) is 2.38. The number of allylic oxidation sites excluding steroid dienone is 2. The van der Waals surface area contributed by atoms with E-state index in [-0.39, 0.29) is 29.1 Å². The lowest BCUT2D eigenvalue weighted by atomic mass is 10.1. The number of para-hydroxylation sites is 1. The van der Waals surface area contributed by atoms with Crippen LogP contribution in [0.4, 0.5) is 0 Å². The van der Waals surface area contributed by atoms with Gasteiger partial charge in [-0.3, -0.25) is 20.4 Å². The standard InChI is InChI=1S/C19H24N2O3/c1-11(2)9-13-16(19(13,3)4)18(23)21-20-17(22)15-10-12-7-5-6-8-14(12)24-15/h5-9,13,15-16H,10H2,1-4H3,(H,20,22)(H,21,23)/t13-,15+,16-/m1/s1. The van der Waals surface area contributed by atoms with Crippen LogP contribution in [0.15, 0.2) is 35.9 Å². The van der Waals surface area contributed by atoms with Gasteiger partial charge < -0.3 is 4.74 Å². The van der Waals surface area contributed by atoms with Gasteiger partial charge >= 0.3 is 0 Å². The summed E-state index contributed by atoms with van der Waals surface area (Å²) in [5, 5.41) is 0. The number of carbonyl (C=O) groups is 2. The molecule has 2 aliphatic rings. The van der Waals surface area contributed by atoms with Gasteiger partial charge in [0.1, 0.15) is 5.75 Å². The fourth-order valence-electron chi connectivity index (χ4n) is 3.46. The Balaban J connectivity index is 1.53. The second-order valence-electron chi connectivity index (χ2n) is 7.47. The van der Waals surface area contributed by atoms with E-state index in [9.17, 15) is 9.59 Å². The third kappa shape index (κ3) is 3.03. The molecule has 0 aromatic heterocycles. The van der Waals surface area contributed by atoms with Crippen molar-refractivity contribution in [1.29, 1.82) is 0 Å². The Labute approximate surface area is 142 Å². The lowest BCUT2D eigenvalue weighted by Crippen LogP contribution is -2.48. The van der Waals surface area contributed by atoms with Crippen molar-refractivity contribution in [2.75, 3.05) is 0 Å². The summed E-state index contributed by atoms with van der Waals surface area (Å²) in [6.45, 7) is 8.19. The monoisotopic (exact) mass is 328 g/mol. The highest BCUT2D eigenvalue weighted by Crippen LogP contribution is 2.59. The summed E-state index contributed by atoms with van der Waals surface area (Å²) in [6, 6.07) is 7.58. The van der Waals surface area contributed by atoms with E-state index >= 15 is 0 Å². The molecule has 3 rings (SSSR count). The van der Waals surface area contributed by atoms with Gasteiger partial charge in [0.2, 0.25) is 5.91 Å². The number of hydrazine groups is 1. The molecule has 1 aromatic carbocycles. The summed E-state index contributed by atoms with van der Waals surface area (Å²) in [7, 11) is 0. The Hall–Kier alpha value is -2.30. The van der Waals surface area contributed by atoms with Gasteiger partial charge in [0.15, 0.2) is 6.10 Å². The molecule has 0 spiro atoms. The average Bonchev–Trinajstić information content (AvgIpc) is 2.88. The Kier molecular flexibility index (Phi) is 4.11. The molecule has 2 amide bonds. The maximum absolute atomic E-state index is 12.4. The molecule has 0 saturated heterocycles. The summed E-state index contributed by atoms with van der Waals surface area (Å²) in [6.07, 6.45) is 2.05. The lowest BCUT2D eigenvalue weighted by Gasteiger charge is -2.12. The molecule has 0 unspecified atom stereocenters. The summed E-state index contributed by atoms with van der Waals surface area (Å²) in [5.41, 5.74) is 7.20. The van der Waals surface area contributed by atoms with Crippen molar-refractivity contribution in [2.24, 2.45) is 17.3 Å². The third-order valence-electron chi connectivity index (χ3n) is 4.95. The minimum absolute atomic E-state index is 0.0772. The fourth-order valence-corrected chi connectivity index (χ4v) is 3.46. The zero-order valence-corrected chi connectivity index (χ0v) is 14.6. The zero-order valence-electron chi connectivity index (χ0n) is 14.6. The molecule has 1 aliphatic heterocycles. The van der Waals surface area contributed by atoms with Crippen LogP contribution in [0.5, 0.6) is 5.75 Å². The Morgan fingerprint density at radius 1 is 1.17 bits per heavy atom. The molecule has 24 heavy (non-hydrogen) atoms. The van der Waals surface area contributed by atoms with Crippen molar-refractivity contribution in [3.8, 4) is 5.75 Å². The van der Waals surface area contributed by atoms with Crippen molar-refractivity contribution in [3.05, 3.63) is 41.5 Å². The molecule has 1 heterocycles. The van der Waals surface area contributed by atoms with Crippen LogP contribution in [0.2, 0.25) is 0 Å². The van der Waals surface area contributed by atoms with Crippen LogP contribution in [-0.4, -0.2) is 17.9 Å². The Morgan fingerprint density at radius 2 is 1.83 bits per heavy atom. The van der Waals surface area contributed by atoms with E-state index in [1.807, 2.05) is 38.1 Å². The SMILES string of the molecule is CC(C)=C[C@@H]1[C@H](C(=O)NNC(=O)[C@@H]2Cc3ccccc3O2)C1(C)C. The van der Waals surface area contributed by atoms with Crippen molar-refractivity contribution in [1.82, 2.24) is 10.9 Å². The predicted molar refractivity (Wildman–Crippen MR) is 91.0 cm³/mol. The van der Waals surface area contributed by atoms with Crippen molar-refractivity contribution >= 4 is 11.8 Å². The van der Waals surface area contributed by atoms with Gasteiger partial charge in [-0.15, -0.1) is 0 Å². The minimum atomic E-state index is -0.594. The van der Waals surface area contributed by atoms with E-state index in [0.717, 1.165) is 11.3 Å². The van der Waals surface area contributed by atoms with Crippen LogP contribution in [0.1, 0.15) is 33.3 Å². The summed E-state index contributed by atoms with van der Waals surface area (Å²) in [4.78, 5) is 24.6. The number of hydrogen-bond donors (Lipinski definition) is 2. The van der Waals surface area contributed by atoms with Gasteiger partial charge in [-0.2, -0.15) is 0 Å². The van der Waals surface area contributed by atoms with Gasteiger partial charge in [0.25, 0.3) is 5.91 Å². The molecular formula is C19H24N2O3. The van der Waals surface area contributed by atoms with Crippen LogP contribution < -0.4 is 15.6 Å². The number of rotatable bonds is 3. The smallest absolute Gasteiger partial charge is 0.279 e. The molecule has 0 radical (unpaired) electrons. The van der Waals surface area contributed by atoms with Gasteiger partial charge in [-0.1, -0.05) is 43.7 Å². The van der Waals surface area contributed by atoms with E-state index in [0.29, 0.717) is 6.42 Å². The van der Waals surface area contributed by atoms with Crippen LogP contribution in [-0.2, 0) is 16.0 Å². The van der Waals surface area contributed by atoms with Crippen LogP contribution in [0.3, 0.4) is 0 Å². The molecule has 1 saturated carbocycles. The molecule has 1 aromatic rings. The molecule has 128 valence electrons. The maximum Gasteiger partial charge on any atom is 0.279 e. The van der Waals surface area contributed by atoms with E-state index in [4.69, 9.17) is 4.74 Å². The van der Waals surface area contributed by atoms with Crippen molar-refractivity contribution in [3.63, 3.8) is 0 Å². The minimum Gasteiger partial charge on any atom is -0.480 e. The van der Waals surface area contributed by atoms with Crippen LogP contribution >= 0.6 is 0 Å². The molecule has 1 fully saturated rings. The van der Waals surface area contributed by atoms with E-state index < -0.39 is 6.10 Å². The molecule has 0 bridgehead atoms. The highest BCUT2D eigenvalue weighted by atomic mass is 16.5. The summed E-state index contributed by atoms with van der Waals surface area (Å²) >= 11 is 0. The topological polar surface area (TPSA) is 67.4 Å². The largest absolute Gasteiger partial charge is 0.480 e. The van der Waals surface area contributed by atoms with Gasteiger partial charge in [-0.25, -0.2) is 0 Å². The van der Waals surface area contributed by atoms with Crippen molar-refractivity contribution in [2.45, 2.75) is 40.2 Å². The number of nitrogens with one attached hydrogen (secondary N) is 2. The van der Waals surface area contributed by atoms with Gasteiger partial charge in [0.05, 0.1) is 5.92 Å².